The van der Waals surface area contributed by atoms with E-state index in [4.69, 9.17) is 22.8 Å². The maximum absolute atomic E-state index is 5.77. The molecule has 1 heterocycles. The highest BCUT2D eigenvalue weighted by Gasteiger charge is 2.39. The van der Waals surface area contributed by atoms with E-state index in [0.29, 0.717) is 26.4 Å². The monoisotopic (exact) mass is 278 g/mol. The van der Waals surface area contributed by atoms with Gasteiger partial charge >= 0.3 is 8.80 Å². The molecule has 1 unspecified atom stereocenters. The van der Waals surface area contributed by atoms with E-state index in [-0.39, 0.29) is 6.29 Å². The highest BCUT2D eigenvalue weighted by atomic mass is 28.4. The Bertz CT molecular complexity index is 194. The van der Waals surface area contributed by atoms with E-state index < -0.39 is 8.80 Å². The van der Waals surface area contributed by atoms with Crippen LogP contribution in [0, 0.1) is 0 Å². The van der Waals surface area contributed by atoms with E-state index in [9.17, 15) is 0 Å². The Hall–Kier alpha value is 0.0169. The van der Waals surface area contributed by atoms with Gasteiger partial charge in [-0.1, -0.05) is 0 Å². The van der Waals surface area contributed by atoms with Gasteiger partial charge in [0.05, 0.1) is 6.61 Å². The van der Waals surface area contributed by atoms with Crippen LogP contribution in [0.2, 0.25) is 6.04 Å². The zero-order valence-corrected chi connectivity index (χ0v) is 12.8. The first-order valence-electron chi connectivity index (χ1n) is 6.91. The standard InChI is InChI=1S/C12H26O5Si/c1-4-15-18(16-5-2,17-6-3)11-7-9-13-12-8-10-14-12/h12H,4-11H2,1-3H3. The fraction of sp³-hybridized carbons (Fsp3) is 1.00. The summed E-state index contributed by atoms with van der Waals surface area (Å²) >= 11 is 0. The van der Waals surface area contributed by atoms with Crippen LogP contribution >= 0.6 is 0 Å². The molecule has 0 N–H and O–H groups in total. The van der Waals surface area contributed by atoms with Gasteiger partial charge in [0.2, 0.25) is 0 Å². The van der Waals surface area contributed by atoms with Crippen molar-refractivity contribution in [3.8, 4) is 0 Å². The molecule has 0 aromatic heterocycles. The molecule has 1 saturated heterocycles. The van der Waals surface area contributed by atoms with Crippen LogP contribution in [0.15, 0.2) is 0 Å². The minimum absolute atomic E-state index is 0.00680. The molecule has 0 aromatic carbocycles. The first kappa shape index (κ1) is 16.1. The van der Waals surface area contributed by atoms with E-state index in [1.54, 1.807) is 0 Å². The van der Waals surface area contributed by atoms with Gasteiger partial charge < -0.3 is 22.8 Å². The third-order valence-corrected chi connectivity index (χ3v) is 5.83. The molecule has 0 amide bonds. The molecule has 0 bridgehead atoms. The number of ether oxygens (including phenoxy) is 2. The van der Waals surface area contributed by atoms with Crippen molar-refractivity contribution in [1.82, 2.24) is 0 Å². The lowest BCUT2D eigenvalue weighted by Gasteiger charge is -2.29. The van der Waals surface area contributed by atoms with E-state index in [0.717, 1.165) is 25.5 Å². The fourth-order valence-corrected chi connectivity index (χ4v) is 4.43. The molecular weight excluding hydrogens is 252 g/mol. The zero-order chi connectivity index (χ0) is 13.3. The van der Waals surface area contributed by atoms with Gasteiger partial charge in [-0.15, -0.1) is 0 Å². The highest BCUT2D eigenvalue weighted by Crippen LogP contribution is 2.19. The average Bonchev–Trinajstić information content (AvgIpc) is 2.27. The van der Waals surface area contributed by atoms with Crippen LogP contribution in [0.1, 0.15) is 33.6 Å². The summed E-state index contributed by atoms with van der Waals surface area (Å²) in [5, 5.41) is 0. The fourth-order valence-electron chi connectivity index (χ4n) is 1.85. The predicted molar refractivity (Wildman–Crippen MR) is 70.4 cm³/mol. The van der Waals surface area contributed by atoms with Crippen LogP contribution in [-0.4, -0.2) is 48.1 Å². The largest absolute Gasteiger partial charge is 0.501 e. The molecule has 0 aliphatic carbocycles. The summed E-state index contributed by atoms with van der Waals surface area (Å²) in [4.78, 5) is 0. The van der Waals surface area contributed by atoms with Crippen LogP contribution in [0.5, 0.6) is 0 Å². The summed E-state index contributed by atoms with van der Waals surface area (Å²) in [5.41, 5.74) is 0. The molecule has 108 valence electrons. The van der Waals surface area contributed by atoms with Crippen LogP contribution in [0.3, 0.4) is 0 Å². The van der Waals surface area contributed by atoms with Crippen molar-refractivity contribution in [2.45, 2.75) is 45.9 Å². The molecule has 0 saturated carbocycles. The van der Waals surface area contributed by atoms with E-state index in [1.807, 2.05) is 20.8 Å². The Morgan fingerprint density at radius 3 is 2.00 bits per heavy atom. The highest BCUT2D eigenvalue weighted by molar-refractivity contribution is 6.60. The third-order valence-electron chi connectivity index (χ3n) is 2.68. The second kappa shape index (κ2) is 9.01. The molecule has 1 fully saturated rings. The Labute approximate surface area is 111 Å². The maximum atomic E-state index is 5.77. The van der Waals surface area contributed by atoms with Crippen molar-refractivity contribution >= 4 is 8.80 Å². The Balaban J connectivity index is 2.27. The van der Waals surface area contributed by atoms with Gasteiger partial charge in [0.1, 0.15) is 0 Å². The van der Waals surface area contributed by atoms with Crippen molar-refractivity contribution in [1.29, 1.82) is 0 Å². The minimum Gasteiger partial charge on any atom is -0.374 e. The van der Waals surface area contributed by atoms with Crippen molar-refractivity contribution in [3.63, 3.8) is 0 Å². The van der Waals surface area contributed by atoms with Gasteiger partial charge in [-0.2, -0.15) is 0 Å². The Morgan fingerprint density at radius 2 is 1.61 bits per heavy atom. The summed E-state index contributed by atoms with van der Waals surface area (Å²) in [5.74, 6) is 0. The predicted octanol–water partition coefficient (Wildman–Crippen LogP) is 2.19. The molecule has 18 heavy (non-hydrogen) atoms. The maximum Gasteiger partial charge on any atom is 0.501 e. The molecule has 1 aliphatic rings. The molecule has 0 spiro atoms. The molecule has 1 atom stereocenters. The van der Waals surface area contributed by atoms with Gasteiger partial charge in [0.25, 0.3) is 0 Å². The molecule has 1 rings (SSSR count). The van der Waals surface area contributed by atoms with Crippen LogP contribution in [0.25, 0.3) is 0 Å². The topological polar surface area (TPSA) is 46.2 Å². The van der Waals surface area contributed by atoms with Crippen LogP contribution in [-0.2, 0) is 22.8 Å². The number of hydrogen-bond acceptors (Lipinski definition) is 5. The lowest BCUT2D eigenvalue weighted by Crippen LogP contribution is -2.46. The molecule has 0 radical (unpaired) electrons. The lowest BCUT2D eigenvalue weighted by atomic mass is 10.3. The molecule has 6 heteroatoms. The summed E-state index contributed by atoms with van der Waals surface area (Å²) < 4.78 is 28.0. The van der Waals surface area contributed by atoms with Gasteiger partial charge in [-0.3, -0.25) is 0 Å². The summed E-state index contributed by atoms with van der Waals surface area (Å²) in [6, 6.07) is 0.801. The van der Waals surface area contributed by atoms with Gasteiger partial charge in [-0.05, 0) is 27.2 Å². The van der Waals surface area contributed by atoms with Gasteiger partial charge in [0, 0.05) is 38.9 Å². The SMILES string of the molecule is CCO[Si](CCCOC1CCO1)(OCC)OCC. The Morgan fingerprint density at radius 1 is 1.06 bits per heavy atom. The number of rotatable bonds is 11. The summed E-state index contributed by atoms with van der Waals surface area (Å²) in [7, 11) is -2.48. The molecule has 5 nitrogen and oxygen atoms in total. The van der Waals surface area contributed by atoms with Gasteiger partial charge in [0.15, 0.2) is 6.29 Å². The quantitative estimate of drug-likeness (QED) is 0.428. The molecular formula is C12H26O5Si. The van der Waals surface area contributed by atoms with Crippen LogP contribution in [0.4, 0.5) is 0 Å². The lowest BCUT2D eigenvalue weighted by molar-refractivity contribution is -0.214. The first-order valence-corrected chi connectivity index (χ1v) is 8.84. The molecule has 1 aliphatic heterocycles. The first-order chi connectivity index (χ1) is 8.76. The average molecular weight is 278 g/mol. The smallest absolute Gasteiger partial charge is 0.374 e. The van der Waals surface area contributed by atoms with Crippen LogP contribution < -0.4 is 0 Å². The normalized spacial score (nSPS) is 19.8. The number of hydrogen-bond donors (Lipinski definition) is 0. The van der Waals surface area contributed by atoms with E-state index in [2.05, 4.69) is 0 Å². The second-order valence-electron chi connectivity index (χ2n) is 4.05. The third kappa shape index (κ3) is 5.34. The van der Waals surface area contributed by atoms with Gasteiger partial charge in [-0.25, -0.2) is 0 Å². The summed E-state index contributed by atoms with van der Waals surface area (Å²) in [6.45, 7) is 9.28. The van der Waals surface area contributed by atoms with Crippen molar-refractivity contribution in [2.24, 2.45) is 0 Å². The molecule has 0 aromatic rings. The van der Waals surface area contributed by atoms with Crippen molar-refractivity contribution < 1.29 is 22.8 Å². The van der Waals surface area contributed by atoms with E-state index in [1.165, 1.54) is 0 Å². The zero-order valence-electron chi connectivity index (χ0n) is 11.8. The van der Waals surface area contributed by atoms with Crippen molar-refractivity contribution in [3.05, 3.63) is 0 Å². The Kier molecular flexibility index (Phi) is 8.04. The van der Waals surface area contributed by atoms with E-state index >= 15 is 0 Å². The summed E-state index contributed by atoms with van der Waals surface area (Å²) in [6.07, 6.45) is 1.89. The van der Waals surface area contributed by atoms with Crippen molar-refractivity contribution in [2.75, 3.05) is 33.0 Å². The second-order valence-corrected chi connectivity index (χ2v) is 6.78. The minimum atomic E-state index is -2.48.